The van der Waals surface area contributed by atoms with Crippen molar-refractivity contribution in [2.75, 3.05) is 13.1 Å². The average Bonchev–Trinajstić information content (AvgIpc) is 3.04. The monoisotopic (exact) mass is 336 g/mol. The van der Waals surface area contributed by atoms with Crippen LogP contribution in [-0.4, -0.2) is 33.6 Å². The van der Waals surface area contributed by atoms with E-state index in [1.165, 1.54) is 5.56 Å². The fraction of sp³-hybridized carbons (Fsp3) is 0.471. The molecule has 1 fully saturated rings. The van der Waals surface area contributed by atoms with E-state index in [0.29, 0.717) is 18.6 Å². The van der Waals surface area contributed by atoms with Gasteiger partial charge in [0.25, 0.3) is 0 Å². The zero-order chi connectivity index (χ0) is 15.5. The van der Waals surface area contributed by atoms with E-state index in [-0.39, 0.29) is 12.4 Å². The Balaban J connectivity index is 0.00000192. The molecule has 1 aromatic heterocycles. The molecule has 2 atom stereocenters. The molecule has 1 saturated heterocycles. The minimum Gasteiger partial charge on any atom is -0.486 e. The number of nitrogens with zero attached hydrogens (tertiary/aromatic N) is 3. The number of halogens is 1. The maximum absolute atomic E-state index is 6.07. The Morgan fingerprint density at radius 3 is 2.57 bits per heavy atom. The first-order chi connectivity index (χ1) is 10.6. The summed E-state index contributed by atoms with van der Waals surface area (Å²) < 4.78 is 7.74. The summed E-state index contributed by atoms with van der Waals surface area (Å²) in [4.78, 5) is 6.67. The van der Waals surface area contributed by atoms with E-state index in [1.54, 1.807) is 6.20 Å². The maximum atomic E-state index is 6.07. The topological polar surface area (TPSA) is 56.3 Å². The van der Waals surface area contributed by atoms with Crippen molar-refractivity contribution in [1.82, 2.24) is 14.5 Å². The highest BCUT2D eigenvalue weighted by atomic mass is 35.5. The van der Waals surface area contributed by atoms with Crippen molar-refractivity contribution in [2.24, 2.45) is 18.7 Å². The van der Waals surface area contributed by atoms with Crippen molar-refractivity contribution in [3.63, 3.8) is 0 Å². The molecule has 0 radical (unpaired) electrons. The van der Waals surface area contributed by atoms with Gasteiger partial charge in [0.1, 0.15) is 18.2 Å². The average molecular weight is 337 g/mol. The number of nitrogens with two attached hydrogens (primary N) is 1. The fourth-order valence-electron chi connectivity index (χ4n) is 2.86. The van der Waals surface area contributed by atoms with Crippen LogP contribution in [0.1, 0.15) is 18.3 Å². The van der Waals surface area contributed by atoms with Gasteiger partial charge in [0, 0.05) is 45.1 Å². The van der Waals surface area contributed by atoms with Crippen molar-refractivity contribution >= 4 is 12.4 Å². The molecule has 1 aromatic carbocycles. The third-order valence-electron chi connectivity index (χ3n) is 4.36. The molecule has 2 unspecified atom stereocenters. The summed E-state index contributed by atoms with van der Waals surface area (Å²) in [5.74, 6) is 2.38. The van der Waals surface area contributed by atoms with E-state index < -0.39 is 0 Å². The van der Waals surface area contributed by atoms with Gasteiger partial charge in [0.05, 0.1) is 0 Å². The molecule has 0 bridgehead atoms. The molecule has 1 aliphatic heterocycles. The van der Waals surface area contributed by atoms with Crippen molar-refractivity contribution in [2.45, 2.75) is 26.1 Å². The van der Waals surface area contributed by atoms with Crippen LogP contribution in [0.5, 0.6) is 5.75 Å². The quantitative estimate of drug-likeness (QED) is 0.909. The lowest BCUT2D eigenvalue weighted by Gasteiger charge is -2.15. The lowest BCUT2D eigenvalue weighted by atomic mass is 10.1. The van der Waals surface area contributed by atoms with Crippen LogP contribution in [0.15, 0.2) is 36.7 Å². The number of likely N-dealkylation sites (tertiary alicyclic amines) is 1. The maximum Gasteiger partial charge on any atom is 0.146 e. The SMILES string of the molecule is CC1CN(Cc2ccc(OCc3nccn3C)cc2)CC1N.Cl. The predicted molar refractivity (Wildman–Crippen MR) is 93.6 cm³/mol. The van der Waals surface area contributed by atoms with Gasteiger partial charge in [-0.1, -0.05) is 19.1 Å². The predicted octanol–water partition coefficient (Wildman–Crippen LogP) is 2.20. The van der Waals surface area contributed by atoms with Crippen molar-refractivity contribution in [3.8, 4) is 5.75 Å². The van der Waals surface area contributed by atoms with Gasteiger partial charge in [-0.25, -0.2) is 4.98 Å². The molecule has 6 heteroatoms. The molecule has 3 rings (SSSR count). The molecule has 2 heterocycles. The Labute approximate surface area is 143 Å². The standard InChI is InChI=1S/C17H24N4O.ClH/c1-13-9-21(11-16(13)18)10-14-3-5-15(6-4-14)22-12-17-19-7-8-20(17)2;/h3-8,13,16H,9-12,18H2,1-2H3;1H. The number of ether oxygens (including phenoxy) is 1. The van der Waals surface area contributed by atoms with Crippen molar-refractivity contribution in [3.05, 3.63) is 48.0 Å². The molecular weight excluding hydrogens is 312 g/mol. The van der Waals surface area contributed by atoms with Crippen LogP contribution in [-0.2, 0) is 20.2 Å². The largest absolute Gasteiger partial charge is 0.486 e. The zero-order valence-corrected chi connectivity index (χ0v) is 14.5. The number of hydrogen-bond acceptors (Lipinski definition) is 4. The van der Waals surface area contributed by atoms with Gasteiger partial charge >= 0.3 is 0 Å². The Hall–Kier alpha value is -1.56. The first kappa shape index (κ1) is 17.8. The van der Waals surface area contributed by atoms with Gasteiger partial charge in [0.15, 0.2) is 0 Å². The van der Waals surface area contributed by atoms with Gasteiger partial charge in [-0.3, -0.25) is 4.90 Å². The first-order valence-corrected chi connectivity index (χ1v) is 7.77. The van der Waals surface area contributed by atoms with E-state index in [2.05, 4.69) is 28.9 Å². The number of aromatic nitrogens is 2. The molecule has 2 N–H and O–H groups in total. The summed E-state index contributed by atoms with van der Waals surface area (Å²) in [6.07, 6.45) is 3.70. The van der Waals surface area contributed by atoms with Crippen molar-refractivity contribution in [1.29, 1.82) is 0 Å². The minimum absolute atomic E-state index is 0. The van der Waals surface area contributed by atoms with Crippen LogP contribution in [0, 0.1) is 5.92 Å². The minimum atomic E-state index is 0. The van der Waals surface area contributed by atoms with Crippen LogP contribution in [0.25, 0.3) is 0 Å². The Morgan fingerprint density at radius 1 is 1.26 bits per heavy atom. The summed E-state index contributed by atoms with van der Waals surface area (Å²) in [7, 11) is 1.97. The number of rotatable bonds is 5. The van der Waals surface area contributed by atoms with Crippen LogP contribution in [0.3, 0.4) is 0 Å². The lowest BCUT2D eigenvalue weighted by molar-refractivity contribution is 0.291. The smallest absolute Gasteiger partial charge is 0.146 e. The van der Waals surface area contributed by atoms with E-state index in [9.17, 15) is 0 Å². The molecular formula is C17H25ClN4O. The highest BCUT2D eigenvalue weighted by molar-refractivity contribution is 5.85. The summed E-state index contributed by atoms with van der Waals surface area (Å²) in [5, 5.41) is 0. The van der Waals surface area contributed by atoms with Crippen molar-refractivity contribution < 1.29 is 4.74 Å². The third kappa shape index (κ3) is 4.47. The molecule has 0 saturated carbocycles. The zero-order valence-electron chi connectivity index (χ0n) is 13.7. The van der Waals surface area contributed by atoms with E-state index >= 15 is 0 Å². The number of aryl methyl sites for hydroxylation is 1. The van der Waals surface area contributed by atoms with E-state index in [1.807, 2.05) is 29.9 Å². The number of hydrogen-bond donors (Lipinski definition) is 1. The van der Waals surface area contributed by atoms with Crippen LogP contribution in [0.4, 0.5) is 0 Å². The van der Waals surface area contributed by atoms with Gasteiger partial charge in [-0.15, -0.1) is 12.4 Å². The van der Waals surface area contributed by atoms with Crippen LogP contribution in [0.2, 0.25) is 0 Å². The van der Waals surface area contributed by atoms with E-state index in [4.69, 9.17) is 10.5 Å². The Bertz CT molecular complexity index is 603. The molecule has 1 aliphatic rings. The summed E-state index contributed by atoms with van der Waals surface area (Å²) in [5.41, 5.74) is 7.37. The van der Waals surface area contributed by atoms with Crippen LogP contribution >= 0.6 is 12.4 Å². The van der Waals surface area contributed by atoms with Gasteiger partial charge < -0.3 is 15.0 Å². The van der Waals surface area contributed by atoms with Crippen LogP contribution < -0.4 is 10.5 Å². The van der Waals surface area contributed by atoms with Gasteiger partial charge in [0.2, 0.25) is 0 Å². The second-order valence-corrected chi connectivity index (χ2v) is 6.22. The van der Waals surface area contributed by atoms with Gasteiger partial charge in [-0.2, -0.15) is 0 Å². The number of imidazole rings is 1. The third-order valence-corrected chi connectivity index (χ3v) is 4.36. The first-order valence-electron chi connectivity index (χ1n) is 7.77. The summed E-state index contributed by atoms with van der Waals surface area (Å²) in [6.45, 7) is 5.73. The Morgan fingerprint density at radius 2 is 2.00 bits per heavy atom. The second-order valence-electron chi connectivity index (χ2n) is 6.22. The highest BCUT2D eigenvalue weighted by Crippen LogP contribution is 2.19. The highest BCUT2D eigenvalue weighted by Gasteiger charge is 2.26. The molecule has 23 heavy (non-hydrogen) atoms. The van der Waals surface area contributed by atoms with E-state index in [0.717, 1.165) is 31.2 Å². The Kier molecular flexibility index (Phi) is 6.04. The summed E-state index contributed by atoms with van der Waals surface area (Å²) >= 11 is 0. The normalized spacial score (nSPS) is 21.2. The molecule has 0 spiro atoms. The number of benzene rings is 1. The molecule has 126 valence electrons. The fourth-order valence-corrected chi connectivity index (χ4v) is 2.86. The molecule has 0 amide bonds. The second kappa shape index (κ2) is 7.81. The summed E-state index contributed by atoms with van der Waals surface area (Å²) in [6, 6.07) is 8.61. The lowest BCUT2D eigenvalue weighted by Crippen LogP contribution is -2.28. The molecule has 2 aromatic rings. The molecule has 5 nitrogen and oxygen atoms in total. The molecule has 0 aliphatic carbocycles. The van der Waals surface area contributed by atoms with Gasteiger partial charge in [-0.05, 0) is 23.6 Å².